The van der Waals surface area contributed by atoms with Gasteiger partial charge in [0, 0.05) is 23.6 Å². The van der Waals surface area contributed by atoms with Gasteiger partial charge in [0.15, 0.2) is 0 Å². The molecule has 1 N–H and O–H groups in total. The highest BCUT2D eigenvalue weighted by Crippen LogP contribution is 2.20. The van der Waals surface area contributed by atoms with Gasteiger partial charge in [-0.3, -0.25) is 4.79 Å². The molecule has 0 unspecified atom stereocenters. The molecule has 3 rings (SSSR count). The van der Waals surface area contributed by atoms with Gasteiger partial charge in [0.25, 0.3) is 0 Å². The normalized spacial score (nSPS) is 10.6. The molecule has 0 saturated carbocycles. The third kappa shape index (κ3) is 5.56. The molecule has 1 heterocycles. The van der Waals surface area contributed by atoms with Gasteiger partial charge in [-0.05, 0) is 48.9 Å². The van der Waals surface area contributed by atoms with Crippen molar-refractivity contribution < 1.29 is 13.9 Å². The van der Waals surface area contributed by atoms with Gasteiger partial charge in [-0.2, -0.15) is 0 Å². The molecule has 0 aliphatic carbocycles. The van der Waals surface area contributed by atoms with Crippen molar-refractivity contribution in [2.75, 3.05) is 13.2 Å². The predicted molar refractivity (Wildman–Crippen MR) is 103 cm³/mol. The Labute approximate surface area is 162 Å². The Morgan fingerprint density at radius 3 is 2.56 bits per heavy atom. The van der Waals surface area contributed by atoms with Gasteiger partial charge in [-0.15, -0.1) is 10.2 Å². The largest absolute Gasteiger partial charge is 0.494 e. The van der Waals surface area contributed by atoms with Crippen molar-refractivity contribution in [1.29, 1.82) is 0 Å². The summed E-state index contributed by atoms with van der Waals surface area (Å²) >= 11 is 5.87. The molecule has 0 fully saturated rings. The van der Waals surface area contributed by atoms with Gasteiger partial charge in [-0.25, -0.2) is 0 Å². The number of hydrogen-bond acceptors (Lipinski definition) is 5. The lowest BCUT2D eigenvalue weighted by molar-refractivity contribution is -0.120. The van der Waals surface area contributed by atoms with Crippen LogP contribution in [0.5, 0.6) is 5.75 Å². The van der Waals surface area contributed by atoms with Crippen LogP contribution in [0, 0.1) is 0 Å². The monoisotopic (exact) mass is 385 g/mol. The Morgan fingerprint density at radius 2 is 1.85 bits per heavy atom. The fourth-order valence-electron chi connectivity index (χ4n) is 2.49. The van der Waals surface area contributed by atoms with Crippen LogP contribution >= 0.6 is 11.6 Å². The molecule has 0 atom stereocenters. The highest BCUT2D eigenvalue weighted by Gasteiger charge is 2.09. The number of nitrogens with one attached hydrogen (secondary N) is 1. The standard InChI is InChI=1S/C20H20ClN3O3/c1-2-26-17-9-3-14(4-10-17)13-18(25)22-12-11-19-23-24-20(27-19)15-5-7-16(21)8-6-15/h3-10H,2,11-13H2,1H3,(H,22,25). The van der Waals surface area contributed by atoms with E-state index in [2.05, 4.69) is 15.5 Å². The number of carbonyl (C=O) groups excluding carboxylic acids is 1. The van der Waals surface area contributed by atoms with E-state index in [0.717, 1.165) is 16.9 Å². The predicted octanol–water partition coefficient (Wildman–Crippen LogP) is 3.69. The van der Waals surface area contributed by atoms with E-state index < -0.39 is 0 Å². The minimum atomic E-state index is -0.0587. The molecule has 0 saturated heterocycles. The summed E-state index contributed by atoms with van der Waals surface area (Å²) in [7, 11) is 0. The van der Waals surface area contributed by atoms with Crippen LogP contribution < -0.4 is 10.1 Å². The lowest BCUT2D eigenvalue weighted by Gasteiger charge is -2.06. The van der Waals surface area contributed by atoms with Gasteiger partial charge in [0.2, 0.25) is 17.7 Å². The Balaban J connectivity index is 1.45. The van der Waals surface area contributed by atoms with E-state index in [9.17, 15) is 4.79 Å². The maximum atomic E-state index is 12.1. The van der Waals surface area contributed by atoms with E-state index in [4.69, 9.17) is 20.8 Å². The Bertz CT molecular complexity index is 876. The smallest absolute Gasteiger partial charge is 0.247 e. The van der Waals surface area contributed by atoms with Crippen molar-refractivity contribution in [3.63, 3.8) is 0 Å². The van der Waals surface area contributed by atoms with Crippen LogP contribution in [0.2, 0.25) is 5.02 Å². The molecular formula is C20H20ClN3O3. The third-order valence-electron chi connectivity index (χ3n) is 3.82. The molecule has 0 aliphatic rings. The van der Waals surface area contributed by atoms with Crippen LogP contribution in [0.1, 0.15) is 18.4 Å². The minimum Gasteiger partial charge on any atom is -0.494 e. The number of ether oxygens (including phenoxy) is 1. The van der Waals surface area contributed by atoms with Crippen molar-refractivity contribution in [3.05, 3.63) is 65.0 Å². The van der Waals surface area contributed by atoms with Crippen LogP contribution in [0.25, 0.3) is 11.5 Å². The summed E-state index contributed by atoms with van der Waals surface area (Å²) in [6.07, 6.45) is 0.780. The fourth-order valence-corrected chi connectivity index (χ4v) is 2.62. The molecule has 7 heteroatoms. The van der Waals surface area contributed by atoms with Crippen molar-refractivity contribution in [3.8, 4) is 17.2 Å². The maximum Gasteiger partial charge on any atom is 0.247 e. The number of carbonyl (C=O) groups is 1. The van der Waals surface area contributed by atoms with E-state index in [0.29, 0.717) is 42.8 Å². The molecule has 2 aromatic carbocycles. The molecule has 0 spiro atoms. The van der Waals surface area contributed by atoms with E-state index in [1.54, 1.807) is 12.1 Å². The molecule has 1 aromatic heterocycles. The van der Waals surface area contributed by atoms with Crippen molar-refractivity contribution in [1.82, 2.24) is 15.5 Å². The molecule has 3 aromatic rings. The van der Waals surface area contributed by atoms with Crippen LogP contribution in [0.4, 0.5) is 0 Å². The molecule has 6 nitrogen and oxygen atoms in total. The number of hydrogen-bond donors (Lipinski definition) is 1. The van der Waals surface area contributed by atoms with Crippen LogP contribution in [-0.2, 0) is 17.6 Å². The van der Waals surface area contributed by atoms with Gasteiger partial charge >= 0.3 is 0 Å². The SMILES string of the molecule is CCOc1ccc(CC(=O)NCCc2nnc(-c3ccc(Cl)cc3)o2)cc1. The third-order valence-corrected chi connectivity index (χ3v) is 4.07. The van der Waals surface area contributed by atoms with Crippen molar-refractivity contribution in [2.45, 2.75) is 19.8 Å². The van der Waals surface area contributed by atoms with E-state index in [1.165, 1.54) is 0 Å². The average molecular weight is 386 g/mol. The van der Waals surface area contributed by atoms with Gasteiger partial charge < -0.3 is 14.5 Å². The maximum absolute atomic E-state index is 12.1. The summed E-state index contributed by atoms with van der Waals surface area (Å²) in [5.41, 5.74) is 1.73. The summed E-state index contributed by atoms with van der Waals surface area (Å²) in [6, 6.07) is 14.7. The lowest BCUT2D eigenvalue weighted by Crippen LogP contribution is -2.27. The second-order valence-electron chi connectivity index (χ2n) is 5.86. The molecule has 27 heavy (non-hydrogen) atoms. The van der Waals surface area contributed by atoms with Gasteiger partial charge in [-0.1, -0.05) is 23.7 Å². The van der Waals surface area contributed by atoms with E-state index >= 15 is 0 Å². The Kier molecular flexibility index (Phi) is 6.44. The summed E-state index contributed by atoms with van der Waals surface area (Å²) in [4.78, 5) is 12.1. The van der Waals surface area contributed by atoms with Crippen molar-refractivity contribution >= 4 is 17.5 Å². The summed E-state index contributed by atoms with van der Waals surface area (Å²) in [5.74, 6) is 1.65. The molecule has 140 valence electrons. The van der Waals surface area contributed by atoms with E-state index in [1.807, 2.05) is 43.3 Å². The quantitative estimate of drug-likeness (QED) is 0.639. The van der Waals surface area contributed by atoms with Gasteiger partial charge in [0.1, 0.15) is 5.75 Å². The molecule has 0 aliphatic heterocycles. The van der Waals surface area contributed by atoms with Gasteiger partial charge in [0.05, 0.1) is 13.0 Å². The zero-order valence-electron chi connectivity index (χ0n) is 14.9. The first-order chi connectivity index (χ1) is 13.1. The summed E-state index contributed by atoms with van der Waals surface area (Å²) in [6.45, 7) is 2.98. The van der Waals surface area contributed by atoms with E-state index in [-0.39, 0.29) is 5.91 Å². The lowest BCUT2D eigenvalue weighted by atomic mass is 10.1. The molecule has 0 radical (unpaired) electrons. The summed E-state index contributed by atoms with van der Waals surface area (Å²) in [5, 5.41) is 11.5. The first kappa shape index (κ1) is 18.9. The number of nitrogens with zero attached hydrogens (tertiary/aromatic N) is 2. The number of benzene rings is 2. The first-order valence-corrected chi connectivity index (χ1v) is 9.08. The molecule has 1 amide bonds. The Hall–Kier alpha value is -2.86. The number of halogens is 1. The Morgan fingerprint density at radius 1 is 1.11 bits per heavy atom. The highest BCUT2D eigenvalue weighted by atomic mass is 35.5. The zero-order chi connectivity index (χ0) is 19.1. The average Bonchev–Trinajstić information content (AvgIpc) is 3.13. The van der Waals surface area contributed by atoms with Crippen LogP contribution in [-0.4, -0.2) is 29.3 Å². The van der Waals surface area contributed by atoms with Crippen molar-refractivity contribution in [2.24, 2.45) is 0 Å². The first-order valence-electron chi connectivity index (χ1n) is 8.71. The number of amides is 1. The highest BCUT2D eigenvalue weighted by molar-refractivity contribution is 6.30. The molecule has 0 bridgehead atoms. The topological polar surface area (TPSA) is 77.2 Å². The van der Waals surface area contributed by atoms with Crippen LogP contribution in [0.15, 0.2) is 52.9 Å². The second-order valence-corrected chi connectivity index (χ2v) is 6.30. The molecular weight excluding hydrogens is 366 g/mol. The zero-order valence-corrected chi connectivity index (χ0v) is 15.7. The van der Waals surface area contributed by atoms with Crippen LogP contribution in [0.3, 0.4) is 0 Å². The number of aromatic nitrogens is 2. The minimum absolute atomic E-state index is 0.0587. The number of rotatable bonds is 8. The summed E-state index contributed by atoms with van der Waals surface area (Å²) < 4.78 is 11.0. The fraction of sp³-hybridized carbons (Fsp3) is 0.250. The second kappa shape index (κ2) is 9.19.